The van der Waals surface area contributed by atoms with Crippen molar-refractivity contribution in [3.8, 4) is 73.2 Å². The van der Waals surface area contributed by atoms with Gasteiger partial charge in [0.1, 0.15) is 11.2 Å². The van der Waals surface area contributed by atoms with Gasteiger partial charge in [-0.15, -0.1) is 0 Å². The first-order chi connectivity index (χ1) is 30.7. The van der Waals surface area contributed by atoms with Crippen LogP contribution in [0.2, 0.25) is 0 Å². The molecule has 0 atom stereocenters. The van der Waals surface area contributed by atoms with E-state index in [4.69, 9.17) is 19.4 Å². The molecule has 3 heterocycles. The highest BCUT2D eigenvalue weighted by Gasteiger charge is 2.19. The molecule has 12 rings (SSSR count). The predicted octanol–water partition coefficient (Wildman–Crippen LogP) is 14.9. The van der Waals surface area contributed by atoms with Crippen LogP contribution in [0.3, 0.4) is 0 Å². The van der Waals surface area contributed by atoms with E-state index in [1.807, 2.05) is 72.8 Å². The lowest BCUT2D eigenvalue weighted by molar-refractivity contribution is 0.669. The van der Waals surface area contributed by atoms with Gasteiger partial charge in [-0.3, -0.25) is 0 Å². The minimum absolute atomic E-state index is 0.600. The first-order valence-corrected chi connectivity index (χ1v) is 20.8. The Bertz CT molecular complexity index is 3540. The highest BCUT2D eigenvalue weighted by atomic mass is 16.3. The van der Waals surface area contributed by atoms with Crippen molar-refractivity contribution in [3.63, 3.8) is 0 Å². The standard InChI is InChI=1S/C57H36N4O/c1-4-13-41(14-5-1)55-58-56(42-15-6-2-7-16-42)60-57(59-55)47-20-12-22-53-54(47)49-36-44(32-34-52(49)62-53)40-29-25-38(26-30-40)37-23-27-39(28-24-37)43-31-33-51-48(35-43)46-19-10-11-21-50(46)61(51)45-17-8-3-9-18-45/h1-36H. The average Bonchev–Trinajstić information content (AvgIpc) is 3.90. The van der Waals surface area contributed by atoms with E-state index in [9.17, 15) is 0 Å². The van der Waals surface area contributed by atoms with Gasteiger partial charge in [0.15, 0.2) is 17.5 Å². The summed E-state index contributed by atoms with van der Waals surface area (Å²) >= 11 is 0. The summed E-state index contributed by atoms with van der Waals surface area (Å²) in [6.07, 6.45) is 0. The van der Waals surface area contributed by atoms with Gasteiger partial charge in [-0.05, 0) is 81.9 Å². The van der Waals surface area contributed by atoms with Crippen LogP contribution in [-0.4, -0.2) is 19.5 Å². The second kappa shape index (κ2) is 14.7. The molecule has 0 N–H and O–H groups in total. The third-order valence-electron chi connectivity index (χ3n) is 11.9. The molecule has 9 aromatic carbocycles. The molecule has 3 aromatic heterocycles. The number of nitrogens with zero attached hydrogens (tertiary/aromatic N) is 4. The van der Waals surface area contributed by atoms with E-state index >= 15 is 0 Å². The van der Waals surface area contributed by atoms with Crippen molar-refractivity contribution in [2.45, 2.75) is 0 Å². The average molecular weight is 793 g/mol. The van der Waals surface area contributed by atoms with Crippen molar-refractivity contribution in [2.75, 3.05) is 0 Å². The molecule has 0 saturated heterocycles. The van der Waals surface area contributed by atoms with Gasteiger partial charge < -0.3 is 8.98 Å². The number of aromatic nitrogens is 4. The third-order valence-corrected chi connectivity index (χ3v) is 11.9. The minimum atomic E-state index is 0.600. The summed E-state index contributed by atoms with van der Waals surface area (Å²) in [5.41, 5.74) is 14.9. The predicted molar refractivity (Wildman–Crippen MR) is 254 cm³/mol. The van der Waals surface area contributed by atoms with Crippen molar-refractivity contribution >= 4 is 43.7 Å². The maximum absolute atomic E-state index is 6.44. The maximum atomic E-state index is 6.44. The molecule has 0 aliphatic heterocycles. The Balaban J connectivity index is 0.870. The van der Waals surface area contributed by atoms with Gasteiger partial charge in [-0.1, -0.05) is 170 Å². The van der Waals surface area contributed by atoms with E-state index in [1.165, 1.54) is 44.2 Å². The first-order valence-electron chi connectivity index (χ1n) is 20.8. The lowest BCUT2D eigenvalue weighted by atomic mass is 9.96. The lowest BCUT2D eigenvalue weighted by Gasteiger charge is -2.09. The Morgan fingerprint density at radius 2 is 0.790 bits per heavy atom. The molecule has 0 unspecified atom stereocenters. The van der Waals surface area contributed by atoms with Crippen LogP contribution in [-0.2, 0) is 0 Å². The number of hydrogen-bond donors (Lipinski definition) is 0. The van der Waals surface area contributed by atoms with E-state index in [2.05, 4.69) is 150 Å². The fraction of sp³-hybridized carbons (Fsp3) is 0. The first kappa shape index (κ1) is 35.5. The van der Waals surface area contributed by atoms with Crippen LogP contribution in [0.5, 0.6) is 0 Å². The summed E-state index contributed by atoms with van der Waals surface area (Å²) in [5.74, 6) is 1.85. The van der Waals surface area contributed by atoms with Gasteiger partial charge in [0.05, 0.1) is 11.0 Å². The zero-order valence-electron chi connectivity index (χ0n) is 33.5. The summed E-state index contributed by atoms with van der Waals surface area (Å²) in [6, 6.07) is 76.5. The Kier molecular flexibility index (Phi) is 8.42. The number of fused-ring (bicyclic) bond motifs is 6. The largest absolute Gasteiger partial charge is 0.456 e. The zero-order valence-corrected chi connectivity index (χ0v) is 33.5. The van der Waals surface area contributed by atoms with Crippen molar-refractivity contribution in [1.29, 1.82) is 0 Å². The minimum Gasteiger partial charge on any atom is -0.456 e. The molecule has 5 heteroatoms. The van der Waals surface area contributed by atoms with E-state index < -0.39 is 0 Å². The number of hydrogen-bond acceptors (Lipinski definition) is 4. The summed E-state index contributed by atoms with van der Waals surface area (Å²) in [5, 5.41) is 4.49. The van der Waals surface area contributed by atoms with Gasteiger partial charge >= 0.3 is 0 Å². The Morgan fingerprint density at radius 1 is 0.306 bits per heavy atom. The maximum Gasteiger partial charge on any atom is 0.164 e. The van der Waals surface area contributed by atoms with Gasteiger partial charge in [-0.2, -0.15) is 0 Å². The molecule has 0 amide bonds. The van der Waals surface area contributed by atoms with Gasteiger partial charge in [0.25, 0.3) is 0 Å². The second-order valence-corrected chi connectivity index (χ2v) is 15.6. The molecule has 62 heavy (non-hydrogen) atoms. The molecule has 0 fully saturated rings. The monoisotopic (exact) mass is 792 g/mol. The third kappa shape index (κ3) is 6.14. The lowest BCUT2D eigenvalue weighted by Crippen LogP contribution is -2.00. The summed E-state index contributed by atoms with van der Waals surface area (Å²) < 4.78 is 8.80. The van der Waals surface area contributed by atoms with E-state index in [0.717, 1.165) is 55.3 Å². The Morgan fingerprint density at radius 3 is 1.42 bits per heavy atom. The smallest absolute Gasteiger partial charge is 0.164 e. The number of rotatable bonds is 7. The quantitative estimate of drug-likeness (QED) is 0.161. The van der Waals surface area contributed by atoms with Gasteiger partial charge in [-0.25, -0.2) is 15.0 Å². The summed E-state index contributed by atoms with van der Waals surface area (Å²) in [4.78, 5) is 15.0. The van der Waals surface area contributed by atoms with E-state index in [0.29, 0.717) is 17.5 Å². The zero-order chi connectivity index (χ0) is 41.0. The van der Waals surface area contributed by atoms with Crippen LogP contribution in [0.4, 0.5) is 0 Å². The van der Waals surface area contributed by atoms with Crippen LogP contribution in [0, 0.1) is 0 Å². The van der Waals surface area contributed by atoms with Crippen molar-refractivity contribution in [1.82, 2.24) is 19.5 Å². The number of para-hydroxylation sites is 2. The van der Waals surface area contributed by atoms with Crippen molar-refractivity contribution in [2.24, 2.45) is 0 Å². The molecule has 0 radical (unpaired) electrons. The second-order valence-electron chi connectivity index (χ2n) is 15.6. The molecular weight excluding hydrogens is 757 g/mol. The van der Waals surface area contributed by atoms with Gasteiger partial charge in [0, 0.05) is 43.9 Å². The molecule has 290 valence electrons. The molecule has 5 nitrogen and oxygen atoms in total. The molecule has 0 spiro atoms. The fourth-order valence-corrected chi connectivity index (χ4v) is 8.84. The SMILES string of the molecule is c1ccc(-c2nc(-c3ccccc3)nc(-c3cccc4oc5ccc(-c6ccc(-c7ccc(-c8ccc9c(c8)c8ccccc8n9-c8ccccc8)cc7)cc6)cc5c34)n2)cc1. The fourth-order valence-electron chi connectivity index (χ4n) is 8.84. The summed E-state index contributed by atoms with van der Waals surface area (Å²) in [6.45, 7) is 0. The van der Waals surface area contributed by atoms with Crippen molar-refractivity contribution < 1.29 is 4.42 Å². The molecule has 0 aliphatic rings. The van der Waals surface area contributed by atoms with E-state index in [1.54, 1.807) is 0 Å². The number of furan rings is 1. The van der Waals surface area contributed by atoms with Crippen LogP contribution < -0.4 is 0 Å². The molecular formula is C57H36N4O. The van der Waals surface area contributed by atoms with E-state index in [-0.39, 0.29) is 0 Å². The Hall–Kier alpha value is -8.41. The van der Waals surface area contributed by atoms with Crippen LogP contribution in [0.15, 0.2) is 223 Å². The van der Waals surface area contributed by atoms with Crippen molar-refractivity contribution in [3.05, 3.63) is 218 Å². The molecule has 12 aromatic rings. The number of benzene rings is 9. The Labute approximate surface area is 357 Å². The van der Waals surface area contributed by atoms with Crippen LogP contribution in [0.1, 0.15) is 0 Å². The normalized spacial score (nSPS) is 11.5. The highest BCUT2D eigenvalue weighted by molar-refractivity contribution is 6.13. The molecule has 0 aliphatic carbocycles. The molecule has 0 bridgehead atoms. The van der Waals surface area contributed by atoms with Gasteiger partial charge in [0.2, 0.25) is 0 Å². The van der Waals surface area contributed by atoms with Crippen LogP contribution >= 0.6 is 0 Å². The topological polar surface area (TPSA) is 56.7 Å². The highest BCUT2D eigenvalue weighted by Crippen LogP contribution is 2.40. The molecule has 0 saturated carbocycles. The summed E-state index contributed by atoms with van der Waals surface area (Å²) in [7, 11) is 0. The van der Waals surface area contributed by atoms with Crippen LogP contribution in [0.25, 0.3) is 117 Å².